The lowest BCUT2D eigenvalue weighted by Gasteiger charge is -2.21. The lowest BCUT2D eigenvalue weighted by Crippen LogP contribution is -2.40. The summed E-state index contributed by atoms with van der Waals surface area (Å²) in [6.45, 7) is 2.19. The van der Waals surface area contributed by atoms with Crippen LogP contribution in [-0.4, -0.2) is 44.4 Å². The molecule has 1 N–H and O–H groups in total. The van der Waals surface area contributed by atoms with Crippen molar-refractivity contribution in [3.8, 4) is 0 Å². The molecular weight excluding hydrogens is 222 g/mol. The molecule has 0 bridgehead atoms. The molecule has 2 rings (SSSR count). The number of carbonyl (C=O) groups is 2. The molecule has 2 heterocycles. The maximum Gasteiger partial charge on any atom is 0.326 e. The van der Waals surface area contributed by atoms with Gasteiger partial charge in [0.05, 0.1) is 11.3 Å². The third-order valence-corrected chi connectivity index (χ3v) is 2.94. The summed E-state index contributed by atoms with van der Waals surface area (Å²) in [5.74, 6) is -1.25. The molecule has 1 aromatic rings. The van der Waals surface area contributed by atoms with Gasteiger partial charge in [-0.3, -0.25) is 4.79 Å². The number of hydrogen-bond donors (Lipinski definition) is 1. The number of amides is 1. The van der Waals surface area contributed by atoms with Crippen LogP contribution in [0.2, 0.25) is 0 Å². The van der Waals surface area contributed by atoms with Crippen LogP contribution in [0.4, 0.5) is 0 Å². The molecule has 0 radical (unpaired) electrons. The lowest BCUT2D eigenvalue weighted by atomic mass is 10.2. The highest BCUT2D eigenvalue weighted by Crippen LogP contribution is 2.20. The van der Waals surface area contributed by atoms with Crippen molar-refractivity contribution in [3.05, 3.63) is 23.8 Å². The number of aromatic nitrogens is 2. The summed E-state index contributed by atoms with van der Waals surface area (Å²) >= 11 is 0. The molecule has 1 aliphatic heterocycles. The molecule has 1 atom stereocenters. The van der Waals surface area contributed by atoms with Crippen LogP contribution in [-0.2, 0) is 4.79 Å². The van der Waals surface area contributed by atoms with Gasteiger partial charge in [0.1, 0.15) is 12.4 Å². The summed E-state index contributed by atoms with van der Waals surface area (Å²) in [5, 5.41) is 9.02. The molecule has 0 spiro atoms. The number of nitrogens with zero attached hydrogens (tertiary/aromatic N) is 3. The minimum atomic E-state index is -0.953. The molecule has 1 fully saturated rings. The molecule has 6 nitrogen and oxygen atoms in total. The Kier molecular flexibility index (Phi) is 3.03. The maximum atomic E-state index is 12.2. The molecular formula is C11H13N3O3. The van der Waals surface area contributed by atoms with Crippen molar-refractivity contribution in [3.63, 3.8) is 0 Å². The fourth-order valence-electron chi connectivity index (χ4n) is 2.02. The van der Waals surface area contributed by atoms with E-state index in [-0.39, 0.29) is 5.91 Å². The molecule has 1 aromatic heterocycles. The number of likely N-dealkylation sites (tertiary alicyclic amines) is 1. The number of aliphatic carboxylic acids is 1. The van der Waals surface area contributed by atoms with Crippen molar-refractivity contribution in [2.45, 2.75) is 25.8 Å². The van der Waals surface area contributed by atoms with E-state index in [0.717, 1.165) is 6.42 Å². The maximum absolute atomic E-state index is 12.2. The summed E-state index contributed by atoms with van der Waals surface area (Å²) in [7, 11) is 0. The van der Waals surface area contributed by atoms with Crippen LogP contribution < -0.4 is 0 Å². The first-order chi connectivity index (χ1) is 8.11. The molecule has 1 saturated heterocycles. The summed E-state index contributed by atoms with van der Waals surface area (Å²) in [5.41, 5.74) is 0.946. The van der Waals surface area contributed by atoms with Crippen molar-refractivity contribution < 1.29 is 14.7 Å². The van der Waals surface area contributed by atoms with E-state index in [1.807, 2.05) is 0 Å². The van der Waals surface area contributed by atoms with Gasteiger partial charge < -0.3 is 10.0 Å². The molecule has 17 heavy (non-hydrogen) atoms. The Hall–Kier alpha value is -1.98. The molecule has 0 aliphatic carbocycles. The highest BCUT2D eigenvalue weighted by molar-refractivity contribution is 5.97. The van der Waals surface area contributed by atoms with E-state index < -0.39 is 12.0 Å². The first-order valence-electron chi connectivity index (χ1n) is 5.41. The summed E-state index contributed by atoms with van der Waals surface area (Å²) in [6, 6.07) is -0.720. The van der Waals surface area contributed by atoms with Gasteiger partial charge in [-0.25, -0.2) is 14.8 Å². The smallest absolute Gasteiger partial charge is 0.326 e. The van der Waals surface area contributed by atoms with E-state index in [0.29, 0.717) is 24.2 Å². The third-order valence-electron chi connectivity index (χ3n) is 2.94. The van der Waals surface area contributed by atoms with Crippen LogP contribution in [0.3, 0.4) is 0 Å². The van der Waals surface area contributed by atoms with E-state index in [1.54, 1.807) is 6.92 Å². The van der Waals surface area contributed by atoms with Gasteiger partial charge in [-0.05, 0) is 19.8 Å². The predicted octanol–water partition coefficient (Wildman–Crippen LogP) is 0.474. The fraction of sp³-hybridized carbons (Fsp3) is 0.455. The van der Waals surface area contributed by atoms with Crippen LogP contribution in [0.15, 0.2) is 12.5 Å². The van der Waals surface area contributed by atoms with Crippen LogP contribution in [0, 0.1) is 6.92 Å². The third kappa shape index (κ3) is 2.11. The minimum absolute atomic E-state index is 0.298. The standard InChI is InChI=1S/C11H13N3O3/c1-7-8(5-12-6-13-7)10(15)14-4-2-3-9(14)11(16)17/h5-6,9H,2-4H2,1H3,(H,16,17). The monoisotopic (exact) mass is 235 g/mol. The molecule has 90 valence electrons. The number of carboxylic acid groups (broad SMARTS) is 1. The Labute approximate surface area is 98.3 Å². The average Bonchev–Trinajstić information content (AvgIpc) is 2.77. The highest BCUT2D eigenvalue weighted by Gasteiger charge is 2.35. The first-order valence-corrected chi connectivity index (χ1v) is 5.41. The van der Waals surface area contributed by atoms with Crippen LogP contribution in [0.25, 0.3) is 0 Å². The number of aryl methyl sites for hydroxylation is 1. The molecule has 6 heteroatoms. The number of rotatable bonds is 2. The summed E-state index contributed by atoms with van der Waals surface area (Å²) in [4.78, 5) is 32.3. The second kappa shape index (κ2) is 4.48. The largest absolute Gasteiger partial charge is 0.480 e. The zero-order valence-corrected chi connectivity index (χ0v) is 9.46. The zero-order valence-electron chi connectivity index (χ0n) is 9.46. The van der Waals surface area contributed by atoms with Crippen LogP contribution >= 0.6 is 0 Å². The zero-order chi connectivity index (χ0) is 12.4. The first kappa shape index (κ1) is 11.5. The number of carboxylic acids is 1. The molecule has 0 aromatic carbocycles. The van der Waals surface area contributed by atoms with Gasteiger partial charge in [-0.1, -0.05) is 0 Å². The number of carbonyl (C=O) groups excluding carboxylic acids is 1. The van der Waals surface area contributed by atoms with E-state index in [4.69, 9.17) is 5.11 Å². The van der Waals surface area contributed by atoms with Gasteiger partial charge in [0.25, 0.3) is 5.91 Å². The SMILES string of the molecule is Cc1ncncc1C(=O)N1CCCC1C(=O)O. The van der Waals surface area contributed by atoms with Crippen LogP contribution in [0.5, 0.6) is 0 Å². The normalized spacial score (nSPS) is 19.4. The van der Waals surface area contributed by atoms with E-state index in [2.05, 4.69) is 9.97 Å². The Morgan fingerprint density at radius 3 is 2.94 bits per heavy atom. The van der Waals surface area contributed by atoms with Crippen molar-refractivity contribution in [2.75, 3.05) is 6.54 Å². The minimum Gasteiger partial charge on any atom is -0.480 e. The Bertz CT molecular complexity index is 461. The van der Waals surface area contributed by atoms with Crippen molar-refractivity contribution >= 4 is 11.9 Å². The second-order valence-electron chi connectivity index (χ2n) is 4.02. The fourth-order valence-corrected chi connectivity index (χ4v) is 2.02. The van der Waals surface area contributed by atoms with Crippen LogP contribution in [0.1, 0.15) is 28.9 Å². The Morgan fingerprint density at radius 1 is 1.53 bits per heavy atom. The lowest BCUT2D eigenvalue weighted by molar-refractivity contribution is -0.141. The second-order valence-corrected chi connectivity index (χ2v) is 4.02. The van der Waals surface area contributed by atoms with E-state index in [9.17, 15) is 9.59 Å². The van der Waals surface area contributed by atoms with Crippen molar-refractivity contribution in [1.29, 1.82) is 0 Å². The molecule has 1 aliphatic rings. The molecule has 0 saturated carbocycles. The Morgan fingerprint density at radius 2 is 2.29 bits per heavy atom. The van der Waals surface area contributed by atoms with Gasteiger partial charge in [0.2, 0.25) is 0 Å². The summed E-state index contributed by atoms with van der Waals surface area (Å²) < 4.78 is 0. The van der Waals surface area contributed by atoms with Gasteiger partial charge in [0.15, 0.2) is 0 Å². The van der Waals surface area contributed by atoms with E-state index >= 15 is 0 Å². The Balaban J connectivity index is 2.26. The average molecular weight is 235 g/mol. The summed E-state index contributed by atoms with van der Waals surface area (Å²) in [6.07, 6.45) is 4.02. The molecule has 1 unspecified atom stereocenters. The highest BCUT2D eigenvalue weighted by atomic mass is 16.4. The topological polar surface area (TPSA) is 83.4 Å². The number of hydrogen-bond acceptors (Lipinski definition) is 4. The van der Waals surface area contributed by atoms with Crippen molar-refractivity contribution in [2.24, 2.45) is 0 Å². The quantitative estimate of drug-likeness (QED) is 0.805. The van der Waals surface area contributed by atoms with Gasteiger partial charge in [-0.2, -0.15) is 0 Å². The van der Waals surface area contributed by atoms with Gasteiger partial charge >= 0.3 is 5.97 Å². The van der Waals surface area contributed by atoms with Gasteiger partial charge in [0, 0.05) is 12.7 Å². The van der Waals surface area contributed by atoms with Gasteiger partial charge in [-0.15, -0.1) is 0 Å². The van der Waals surface area contributed by atoms with Crippen molar-refractivity contribution in [1.82, 2.24) is 14.9 Å². The molecule has 1 amide bonds. The predicted molar refractivity (Wildman–Crippen MR) is 58.5 cm³/mol. The van der Waals surface area contributed by atoms with E-state index in [1.165, 1.54) is 17.4 Å².